The highest BCUT2D eigenvalue weighted by Crippen LogP contribution is 2.19. The molecule has 0 aliphatic heterocycles. The van der Waals surface area contributed by atoms with Crippen LogP contribution < -0.4 is 5.73 Å². The molecule has 0 unspecified atom stereocenters. The molecule has 4 heteroatoms. The van der Waals surface area contributed by atoms with Crippen LogP contribution >= 0.6 is 0 Å². The molecule has 0 spiro atoms. The Balaban J connectivity index is 1.97. The molecule has 1 heterocycles. The van der Waals surface area contributed by atoms with Gasteiger partial charge in [-0.1, -0.05) is 30.3 Å². The quantitative estimate of drug-likeness (QED) is 0.591. The number of hydrogen-bond donors (Lipinski definition) is 1. The summed E-state index contributed by atoms with van der Waals surface area (Å²) in [6.07, 6.45) is 3.32. The van der Waals surface area contributed by atoms with E-state index in [0.717, 1.165) is 11.3 Å². The first-order valence-corrected chi connectivity index (χ1v) is 6.66. The second-order valence-electron chi connectivity index (χ2n) is 4.86. The molecule has 1 aromatic heterocycles. The number of rotatable bonds is 3. The van der Waals surface area contributed by atoms with Crippen molar-refractivity contribution in [1.82, 2.24) is 9.78 Å². The van der Waals surface area contributed by atoms with Crippen molar-refractivity contribution in [3.05, 3.63) is 77.6 Å². The van der Waals surface area contributed by atoms with Gasteiger partial charge >= 0.3 is 0 Å². The summed E-state index contributed by atoms with van der Waals surface area (Å²) in [5.74, 6) is -0.0676. The van der Waals surface area contributed by atoms with E-state index in [1.165, 1.54) is 0 Å². The third kappa shape index (κ3) is 2.43. The Morgan fingerprint density at radius 3 is 2.62 bits per heavy atom. The maximum atomic E-state index is 12.6. The molecule has 0 fully saturated rings. The van der Waals surface area contributed by atoms with Gasteiger partial charge in [0, 0.05) is 17.4 Å². The molecule has 2 N–H and O–H groups in total. The predicted octanol–water partition coefficient (Wildman–Crippen LogP) is 2.99. The van der Waals surface area contributed by atoms with Gasteiger partial charge in [-0.15, -0.1) is 0 Å². The number of carbonyl (C=O) groups is 1. The molecule has 0 aliphatic rings. The first-order chi connectivity index (χ1) is 10.2. The molecule has 4 nitrogen and oxygen atoms in total. The van der Waals surface area contributed by atoms with Gasteiger partial charge in [-0.2, -0.15) is 5.10 Å². The van der Waals surface area contributed by atoms with E-state index in [0.29, 0.717) is 16.8 Å². The summed E-state index contributed by atoms with van der Waals surface area (Å²) in [4.78, 5) is 12.6. The highest BCUT2D eigenvalue weighted by molar-refractivity contribution is 6.10. The number of nitrogen functional groups attached to an aromatic ring is 1. The van der Waals surface area contributed by atoms with Crippen LogP contribution in [-0.2, 0) is 0 Å². The van der Waals surface area contributed by atoms with Crippen molar-refractivity contribution in [2.24, 2.45) is 0 Å². The highest BCUT2D eigenvalue weighted by Gasteiger charge is 2.15. The molecule has 0 aliphatic carbocycles. The van der Waals surface area contributed by atoms with Crippen LogP contribution in [0.5, 0.6) is 0 Å². The molecule has 3 rings (SSSR count). The fourth-order valence-corrected chi connectivity index (χ4v) is 2.22. The van der Waals surface area contributed by atoms with Crippen molar-refractivity contribution in [2.75, 3.05) is 5.73 Å². The summed E-state index contributed by atoms with van der Waals surface area (Å²) in [5.41, 5.74) is 9.36. The average Bonchev–Trinajstić information content (AvgIpc) is 3.00. The average molecular weight is 277 g/mol. The normalized spacial score (nSPS) is 10.5. The molecule has 0 atom stereocenters. The van der Waals surface area contributed by atoms with Crippen molar-refractivity contribution < 1.29 is 4.79 Å². The van der Waals surface area contributed by atoms with E-state index in [1.54, 1.807) is 35.3 Å². The number of benzene rings is 2. The standard InChI is InChI=1S/C17H15N3O/c1-12-15(8-5-9-16(12)18)17(21)13-10-19-20(11-13)14-6-3-2-4-7-14/h2-11H,18H2,1H3. The second kappa shape index (κ2) is 5.25. The smallest absolute Gasteiger partial charge is 0.196 e. The molecule has 3 aromatic rings. The fraction of sp³-hybridized carbons (Fsp3) is 0.0588. The lowest BCUT2D eigenvalue weighted by atomic mass is 10.00. The van der Waals surface area contributed by atoms with Gasteiger partial charge < -0.3 is 5.73 Å². The third-order valence-corrected chi connectivity index (χ3v) is 3.49. The van der Waals surface area contributed by atoms with Crippen molar-refractivity contribution in [2.45, 2.75) is 6.92 Å². The summed E-state index contributed by atoms with van der Waals surface area (Å²) < 4.78 is 1.69. The van der Waals surface area contributed by atoms with Gasteiger partial charge in [0.1, 0.15) is 0 Å². The van der Waals surface area contributed by atoms with Crippen LogP contribution in [0.3, 0.4) is 0 Å². The van der Waals surface area contributed by atoms with Crippen molar-refractivity contribution >= 4 is 11.5 Å². The van der Waals surface area contributed by atoms with Crippen molar-refractivity contribution in [1.29, 1.82) is 0 Å². The van der Waals surface area contributed by atoms with Gasteiger partial charge in [-0.25, -0.2) is 4.68 Å². The zero-order chi connectivity index (χ0) is 14.8. The number of hydrogen-bond acceptors (Lipinski definition) is 3. The van der Waals surface area contributed by atoms with Gasteiger partial charge in [0.15, 0.2) is 5.78 Å². The van der Waals surface area contributed by atoms with Crippen LogP contribution in [0.2, 0.25) is 0 Å². The molecule has 0 saturated carbocycles. The van der Waals surface area contributed by atoms with E-state index < -0.39 is 0 Å². The van der Waals surface area contributed by atoms with Gasteiger partial charge in [-0.05, 0) is 30.7 Å². The number of ketones is 1. The molecule has 104 valence electrons. The van der Waals surface area contributed by atoms with Gasteiger partial charge in [0.2, 0.25) is 0 Å². The number of nitrogens with two attached hydrogens (primary N) is 1. The number of anilines is 1. The molecule has 21 heavy (non-hydrogen) atoms. The topological polar surface area (TPSA) is 60.9 Å². The molecular weight excluding hydrogens is 262 g/mol. The Labute approximate surface area is 122 Å². The number of nitrogens with zero attached hydrogens (tertiary/aromatic N) is 2. The van der Waals surface area contributed by atoms with E-state index in [2.05, 4.69) is 5.10 Å². The van der Waals surface area contributed by atoms with E-state index >= 15 is 0 Å². The lowest BCUT2D eigenvalue weighted by Crippen LogP contribution is -2.04. The number of aromatic nitrogens is 2. The Morgan fingerprint density at radius 1 is 1.10 bits per heavy atom. The minimum atomic E-state index is -0.0676. The first kappa shape index (κ1) is 13.1. The van der Waals surface area contributed by atoms with Gasteiger partial charge in [0.05, 0.1) is 17.4 Å². The maximum Gasteiger partial charge on any atom is 0.196 e. The fourth-order valence-electron chi connectivity index (χ4n) is 2.22. The van der Waals surface area contributed by atoms with Crippen LogP contribution in [0.25, 0.3) is 5.69 Å². The van der Waals surface area contributed by atoms with Gasteiger partial charge in [0.25, 0.3) is 0 Å². The minimum absolute atomic E-state index is 0.0676. The van der Waals surface area contributed by atoms with E-state index in [-0.39, 0.29) is 5.78 Å². The van der Waals surface area contributed by atoms with Crippen LogP contribution in [0.1, 0.15) is 21.5 Å². The molecule has 0 bridgehead atoms. The molecule has 0 saturated heterocycles. The zero-order valence-electron chi connectivity index (χ0n) is 11.7. The molecule has 2 aromatic carbocycles. The Morgan fingerprint density at radius 2 is 1.86 bits per heavy atom. The van der Waals surface area contributed by atoms with Crippen LogP contribution in [-0.4, -0.2) is 15.6 Å². The molecular formula is C17H15N3O. The van der Waals surface area contributed by atoms with E-state index in [4.69, 9.17) is 5.73 Å². The summed E-state index contributed by atoms with van der Waals surface area (Å²) in [7, 11) is 0. The predicted molar refractivity (Wildman–Crippen MR) is 82.6 cm³/mol. The Bertz CT molecular complexity index is 791. The van der Waals surface area contributed by atoms with Crippen molar-refractivity contribution in [3.8, 4) is 5.69 Å². The maximum absolute atomic E-state index is 12.6. The highest BCUT2D eigenvalue weighted by atomic mass is 16.1. The largest absolute Gasteiger partial charge is 0.398 e. The Hall–Kier alpha value is -2.88. The Kier molecular flexibility index (Phi) is 3.28. The van der Waals surface area contributed by atoms with E-state index in [1.807, 2.05) is 37.3 Å². The summed E-state index contributed by atoms with van der Waals surface area (Å²) in [6.45, 7) is 1.85. The number of carbonyl (C=O) groups excluding carboxylic acids is 1. The monoisotopic (exact) mass is 277 g/mol. The number of para-hydroxylation sites is 1. The van der Waals surface area contributed by atoms with Crippen LogP contribution in [0.15, 0.2) is 60.9 Å². The van der Waals surface area contributed by atoms with Crippen molar-refractivity contribution in [3.63, 3.8) is 0 Å². The zero-order valence-corrected chi connectivity index (χ0v) is 11.7. The lowest BCUT2D eigenvalue weighted by molar-refractivity contribution is 0.103. The minimum Gasteiger partial charge on any atom is -0.398 e. The summed E-state index contributed by atoms with van der Waals surface area (Å²) in [6, 6.07) is 15.0. The van der Waals surface area contributed by atoms with E-state index in [9.17, 15) is 4.79 Å². The third-order valence-electron chi connectivity index (χ3n) is 3.49. The molecule has 0 amide bonds. The van der Waals surface area contributed by atoms with Crippen LogP contribution in [0, 0.1) is 6.92 Å². The summed E-state index contributed by atoms with van der Waals surface area (Å²) in [5, 5.41) is 4.25. The van der Waals surface area contributed by atoms with Crippen LogP contribution in [0.4, 0.5) is 5.69 Å². The summed E-state index contributed by atoms with van der Waals surface area (Å²) >= 11 is 0. The SMILES string of the molecule is Cc1c(N)cccc1C(=O)c1cnn(-c2ccccc2)c1. The first-order valence-electron chi connectivity index (χ1n) is 6.66. The lowest BCUT2D eigenvalue weighted by Gasteiger charge is -2.05. The van der Waals surface area contributed by atoms with Gasteiger partial charge in [-0.3, -0.25) is 4.79 Å². The molecule has 0 radical (unpaired) electrons. The second-order valence-corrected chi connectivity index (χ2v) is 4.86.